The molecule has 0 spiro atoms. The van der Waals surface area contributed by atoms with Gasteiger partial charge in [0.15, 0.2) is 0 Å². The van der Waals surface area contributed by atoms with Crippen LogP contribution >= 0.6 is 0 Å². The minimum atomic E-state index is -3.03. The van der Waals surface area contributed by atoms with E-state index in [1.807, 2.05) is 32.9 Å². The van der Waals surface area contributed by atoms with Crippen molar-refractivity contribution >= 4 is 0 Å². The number of benzene rings is 1. The SMILES string of the molecule is CCc1ccc(C(C)C)c2c1CC(F)(F)O2. The summed E-state index contributed by atoms with van der Waals surface area (Å²) >= 11 is 0. The zero-order valence-electron chi connectivity index (χ0n) is 9.81. The number of hydrogen-bond acceptors (Lipinski definition) is 1. The summed E-state index contributed by atoms with van der Waals surface area (Å²) in [6.45, 7) is 5.95. The third kappa shape index (κ3) is 1.79. The normalized spacial score (nSPS) is 17.4. The van der Waals surface area contributed by atoms with Crippen LogP contribution in [-0.2, 0) is 12.8 Å². The van der Waals surface area contributed by atoms with Crippen LogP contribution in [0.25, 0.3) is 0 Å². The summed E-state index contributed by atoms with van der Waals surface area (Å²) < 4.78 is 31.3. The van der Waals surface area contributed by atoms with Crippen LogP contribution in [0.1, 0.15) is 43.4 Å². The van der Waals surface area contributed by atoms with E-state index in [9.17, 15) is 8.78 Å². The smallest absolute Gasteiger partial charge is 0.402 e. The molecule has 0 aromatic heterocycles. The Morgan fingerprint density at radius 3 is 2.62 bits per heavy atom. The maximum absolute atomic E-state index is 13.3. The minimum Gasteiger partial charge on any atom is -0.432 e. The Balaban J connectivity index is 2.55. The van der Waals surface area contributed by atoms with Crippen molar-refractivity contribution in [3.05, 3.63) is 28.8 Å². The summed E-state index contributed by atoms with van der Waals surface area (Å²) in [4.78, 5) is 0. The Labute approximate surface area is 94.4 Å². The molecule has 0 saturated heterocycles. The van der Waals surface area contributed by atoms with Gasteiger partial charge in [-0.05, 0) is 23.5 Å². The minimum absolute atomic E-state index is 0.202. The topological polar surface area (TPSA) is 9.23 Å². The molecule has 0 fully saturated rings. The van der Waals surface area contributed by atoms with E-state index in [1.54, 1.807) is 0 Å². The summed E-state index contributed by atoms with van der Waals surface area (Å²) in [5, 5.41) is 0. The Hall–Kier alpha value is -1.12. The largest absolute Gasteiger partial charge is 0.432 e. The molecule has 0 radical (unpaired) electrons. The van der Waals surface area contributed by atoms with Gasteiger partial charge >= 0.3 is 6.11 Å². The van der Waals surface area contributed by atoms with E-state index >= 15 is 0 Å². The molecule has 16 heavy (non-hydrogen) atoms. The Morgan fingerprint density at radius 1 is 1.38 bits per heavy atom. The van der Waals surface area contributed by atoms with Crippen LogP contribution in [0.4, 0.5) is 8.78 Å². The first-order chi connectivity index (χ1) is 7.44. The van der Waals surface area contributed by atoms with Crippen molar-refractivity contribution in [2.24, 2.45) is 0 Å². The average molecular weight is 226 g/mol. The van der Waals surface area contributed by atoms with Crippen LogP contribution in [0.5, 0.6) is 5.75 Å². The van der Waals surface area contributed by atoms with E-state index in [4.69, 9.17) is 4.74 Å². The van der Waals surface area contributed by atoms with Gasteiger partial charge in [0, 0.05) is 5.56 Å². The molecule has 1 heterocycles. The van der Waals surface area contributed by atoms with E-state index in [2.05, 4.69) is 0 Å². The third-order valence-electron chi connectivity index (χ3n) is 3.02. The molecule has 1 aromatic rings. The molecule has 88 valence electrons. The first kappa shape index (κ1) is 11.4. The second-order valence-electron chi connectivity index (χ2n) is 4.55. The van der Waals surface area contributed by atoms with Crippen LogP contribution in [-0.4, -0.2) is 6.11 Å². The highest BCUT2D eigenvalue weighted by Gasteiger charge is 2.42. The molecule has 1 aliphatic heterocycles. The summed E-state index contributed by atoms with van der Waals surface area (Å²) in [6.07, 6.45) is -2.55. The number of fused-ring (bicyclic) bond motifs is 1. The highest BCUT2D eigenvalue weighted by atomic mass is 19.3. The summed E-state index contributed by atoms with van der Waals surface area (Å²) in [7, 11) is 0. The lowest BCUT2D eigenvalue weighted by Crippen LogP contribution is -2.21. The molecular weight excluding hydrogens is 210 g/mol. The average Bonchev–Trinajstić information content (AvgIpc) is 2.50. The number of alkyl halides is 2. The Kier molecular flexibility index (Phi) is 2.64. The maximum Gasteiger partial charge on any atom is 0.402 e. The standard InChI is InChI=1S/C13H16F2O/c1-4-9-5-6-10(8(2)3)12-11(9)7-13(14,15)16-12/h5-6,8H,4,7H2,1-3H3. The van der Waals surface area contributed by atoms with Gasteiger partial charge in [0.1, 0.15) is 5.75 Å². The van der Waals surface area contributed by atoms with Crippen LogP contribution in [0.15, 0.2) is 12.1 Å². The highest BCUT2D eigenvalue weighted by molar-refractivity contribution is 5.50. The molecule has 0 saturated carbocycles. The van der Waals surface area contributed by atoms with Crippen molar-refractivity contribution < 1.29 is 13.5 Å². The quantitative estimate of drug-likeness (QED) is 0.743. The second kappa shape index (κ2) is 3.72. The van der Waals surface area contributed by atoms with E-state index in [0.29, 0.717) is 11.3 Å². The van der Waals surface area contributed by atoms with Crippen molar-refractivity contribution in [3.63, 3.8) is 0 Å². The van der Waals surface area contributed by atoms with Gasteiger partial charge < -0.3 is 4.74 Å². The molecule has 0 unspecified atom stereocenters. The molecule has 1 nitrogen and oxygen atoms in total. The van der Waals surface area contributed by atoms with Crippen LogP contribution in [0.3, 0.4) is 0 Å². The van der Waals surface area contributed by atoms with Gasteiger partial charge in [-0.15, -0.1) is 0 Å². The van der Waals surface area contributed by atoms with Gasteiger partial charge in [0.25, 0.3) is 0 Å². The maximum atomic E-state index is 13.3. The Bertz CT molecular complexity index is 411. The van der Waals surface area contributed by atoms with Crippen molar-refractivity contribution in [1.29, 1.82) is 0 Å². The van der Waals surface area contributed by atoms with Crippen molar-refractivity contribution in [1.82, 2.24) is 0 Å². The lowest BCUT2D eigenvalue weighted by molar-refractivity contribution is -0.159. The highest BCUT2D eigenvalue weighted by Crippen LogP contribution is 2.43. The third-order valence-corrected chi connectivity index (χ3v) is 3.02. The number of ether oxygens (including phenoxy) is 1. The molecule has 1 aliphatic rings. The predicted octanol–water partition coefficient (Wildman–Crippen LogP) is 3.90. The molecule has 2 rings (SSSR count). The molecular formula is C13H16F2O. The fourth-order valence-corrected chi connectivity index (χ4v) is 2.18. The van der Waals surface area contributed by atoms with Crippen molar-refractivity contribution in [2.45, 2.75) is 45.6 Å². The fraction of sp³-hybridized carbons (Fsp3) is 0.538. The monoisotopic (exact) mass is 226 g/mol. The van der Waals surface area contributed by atoms with E-state index in [0.717, 1.165) is 17.5 Å². The molecule has 0 amide bonds. The summed E-state index contributed by atoms with van der Waals surface area (Å²) in [5.41, 5.74) is 2.54. The van der Waals surface area contributed by atoms with Gasteiger partial charge in [-0.1, -0.05) is 32.9 Å². The van der Waals surface area contributed by atoms with Gasteiger partial charge in [-0.2, -0.15) is 8.78 Å². The van der Waals surface area contributed by atoms with Gasteiger partial charge in [-0.25, -0.2) is 0 Å². The molecule has 0 bridgehead atoms. The van der Waals surface area contributed by atoms with E-state index in [1.165, 1.54) is 0 Å². The summed E-state index contributed by atoms with van der Waals surface area (Å²) in [5.74, 6) is 0.618. The molecule has 3 heteroatoms. The lowest BCUT2D eigenvalue weighted by atomic mass is 9.94. The van der Waals surface area contributed by atoms with Crippen LogP contribution < -0.4 is 4.74 Å². The van der Waals surface area contributed by atoms with Gasteiger partial charge in [0.05, 0.1) is 6.42 Å². The molecule has 0 atom stereocenters. The molecule has 1 aromatic carbocycles. The Morgan fingerprint density at radius 2 is 2.06 bits per heavy atom. The fourth-order valence-electron chi connectivity index (χ4n) is 2.18. The first-order valence-corrected chi connectivity index (χ1v) is 5.66. The van der Waals surface area contributed by atoms with Crippen molar-refractivity contribution in [2.75, 3.05) is 0 Å². The first-order valence-electron chi connectivity index (χ1n) is 5.66. The predicted molar refractivity (Wildman–Crippen MR) is 59.2 cm³/mol. The van der Waals surface area contributed by atoms with E-state index in [-0.39, 0.29) is 12.3 Å². The van der Waals surface area contributed by atoms with Crippen LogP contribution in [0, 0.1) is 0 Å². The van der Waals surface area contributed by atoms with Crippen LogP contribution in [0.2, 0.25) is 0 Å². The number of halogens is 2. The number of hydrogen-bond donors (Lipinski definition) is 0. The number of aryl methyl sites for hydroxylation is 1. The van der Waals surface area contributed by atoms with Crippen molar-refractivity contribution in [3.8, 4) is 5.75 Å². The number of rotatable bonds is 2. The summed E-state index contributed by atoms with van der Waals surface area (Å²) in [6, 6.07) is 3.85. The van der Waals surface area contributed by atoms with Gasteiger partial charge in [0.2, 0.25) is 0 Å². The lowest BCUT2D eigenvalue weighted by Gasteiger charge is -2.14. The molecule has 0 aliphatic carbocycles. The zero-order valence-corrected chi connectivity index (χ0v) is 9.81. The van der Waals surface area contributed by atoms with Gasteiger partial charge in [-0.3, -0.25) is 0 Å². The zero-order chi connectivity index (χ0) is 11.9. The second-order valence-corrected chi connectivity index (χ2v) is 4.55. The molecule has 0 N–H and O–H groups in total. The van der Waals surface area contributed by atoms with E-state index < -0.39 is 6.11 Å².